The van der Waals surface area contributed by atoms with E-state index in [0.29, 0.717) is 11.3 Å². The number of phenols is 1. The Morgan fingerprint density at radius 3 is 2.93 bits per heavy atom. The number of methoxy groups -OCH3 is 1. The Morgan fingerprint density at radius 1 is 1.50 bits per heavy atom. The van der Waals surface area contributed by atoms with Gasteiger partial charge in [-0.25, -0.2) is 0 Å². The quantitative estimate of drug-likeness (QED) is 0.798. The van der Waals surface area contributed by atoms with Crippen LogP contribution in [-0.2, 0) is 6.61 Å². The molecule has 0 atom stereocenters. The number of hydrogen-bond acceptors (Lipinski definition) is 4. The summed E-state index contributed by atoms with van der Waals surface area (Å²) in [6.07, 6.45) is 0. The topological polar surface area (TPSA) is 49.7 Å². The SMILES string of the molecule is COc1c(CO)c(O)cc2ccsc12. The second kappa shape index (κ2) is 3.48. The summed E-state index contributed by atoms with van der Waals surface area (Å²) in [6.45, 7) is -0.219. The largest absolute Gasteiger partial charge is 0.507 e. The van der Waals surface area contributed by atoms with Crippen molar-refractivity contribution in [3.8, 4) is 11.5 Å². The Hall–Kier alpha value is -1.26. The van der Waals surface area contributed by atoms with E-state index in [0.717, 1.165) is 10.1 Å². The standard InChI is InChI=1S/C10H10O3S/c1-13-9-7(5-11)8(12)4-6-2-3-14-10(6)9/h2-4,11-12H,5H2,1H3. The molecule has 0 aliphatic heterocycles. The molecule has 0 saturated carbocycles. The summed E-state index contributed by atoms with van der Waals surface area (Å²) in [5.41, 5.74) is 0.447. The molecule has 0 spiro atoms. The first-order valence-electron chi connectivity index (χ1n) is 4.14. The van der Waals surface area contributed by atoms with E-state index >= 15 is 0 Å². The van der Waals surface area contributed by atoms with Crippen LogP contribution in [0.3, 0.4) is 0 Å². The molecule has 0 fully saturated rings. The highest BCUT2D eigenvalue weighted by Crippen LogP contribution is 2.39. The molecule has 0 amide bonds. The average molecular weight is 210 g/mol. The van der Waals surface area contributed by atoms with Gasteiger partial charge < -0.3 is 14.9 Å². The number of aliphatic hydroxyl groups is 1. The summed E-state index contributed by atoms with van der Waals surface area (Å²) in [7, 11) is 1.53. The van der Waals surface area contributed by atoms with Crippen molar-refractivity contribution in [1.82, 2.24) is 0 Å². The molecule has 74 valence electrons. The van der Waals surface area contributed by atoms with Crippen LogP contribution >= 0.6 is 11.3 Å². The van der Waals surface area contributed by atoms with Crippen molar-refractivity contribution >= 4 is 21.4 Å². The monoisotopic (exact) mass is 210 g/mol. The summed E-state index contributed by atoms with van der Waals surface area (Å²) in [5, 5.41) is 21.6. The lowest BCUT2D eigenvalue weighted by Gasteiger charge is -2.09. The van der Waals surface area contributed by atoms with Crippen LogP contribution < -0.4 is 4.74 Å². The summed E-state index contributed by atoms with van der Waals surface area (Å²) in [5.74, 6) is 0.646. The Labute approximate surface area is 85.2 Å². The highest BCUT2D eigenvalue weighted by atomic mass is 32.1. The zero-order valence-electron chi connectivity index (χ0n) is 7.65. The number of ether oxygens (including phenoxy) is 1. The molecule has 0 aliphatic rings. The third kappa shape index (κ3) is 1.23. The van der Waals surface area contributed by atoms with Gasteiger partial charge in [-0.3, -0.25) is 0 Å². The molecule has 14 heavy (non-hydrogen) atoms. The molecule has 4 heteroatoms. The fourth-order valence-corrected chi connectivity index (χ4v) is 2.40. The van der Waals surface area contributed by atoms with E-state index in [1.807, 2.05) is 11.4 Å². The van der Waals surface area contributed by atoms with Crippen LogP contribution in [0.5, 0.6) is 11.5 Å². The van der Waals surface area contributed by atoms with Gasteiger partial charge >= 0.3 is 0 Å². The molecule has 2 rings (SSSR count). The van der Waals surface area contributed by atoms with Crippen LogP contribution in [0, 0.1) is 0 Å². The van der Waals surface area contributed by atoms with Crippen LogP contribution in [0.4, 0.5) is 0 Å². The Morgan fingerprint density at radius 2 is 2.29 bits per heavy atom. The molecule has 0 bridgehead atoms. The van der Waals surface area contributed by atoms with Crippen LogP contribution in [0.2, 0.25) is 0 Å². The van der Waals surface area contributed by atoms with Gasteiger partial charge in [-0.05, 0) is 22.9 Å². The highest BCUT2D eigenvalue weighted by Gasteiger charge is 2.13. The van der Waals surface area contributed by atoms with Crippen molar-refractivity contribution in [3.63, 3.8) is 0 Å². The van der Waals surface area contributed by atoms with E-state index in [1.54, 1.807) is 6.07 Å². The molecule has 0 unspecified atom stereocenters. The van der Waals surface area contributed by atoms with Crippen LogP contribution in [0.1, 0.15) is 5.56 Å². The second-order valence-electron chi connectivity index (χ2n) is 2.90. The molecular weight excluding hydrogens is 200 g/mol. The van der Waals surface area contributed by atoms with E-state index in [1.165, 1.54) is 18.4 Å². The van der Waals surface area contributed by atoms with Gasteiger partial charge in [-0.2, -0.15) is 0 Å². The zero-order chi connectivity index (χ0) is 10.1. The van der Waals surface area contributed by atoms with E-state index < -0.39 is 0 Å². The molecule has 3 nitrogen and oxygen atoms in total. The highest BCUT2D eigenvalue weighted by molar-refractivity contribution is 7.17. The number of hydrogen-bond donors (Lipinski definition) is 2. The summed E-state index contributed by atoms with van der Waals surface area (Å²) < 4.78 is 6.13. The smallest absolute Gasteiger partial charge is 0.145 e. The van der Waals surface area contributed by atoms with E-state index in [2.05, 4.69) is 0 Å². The van der Waals surface area contributed by atoms with Gasteiger partial charge in [0.1, 0.15) is 11.5 Å². The number of fused-ring (bicyclic) bond motifs is 1. The number of thiophene rings is 1. The Kier molecular flexibility index (Phi) is 2.31. The normalized spacial score (nSPS) is 10.7. The maximum absolute atomic E-state index is 9.60. The molecule has 1 aromatic carbocycles. The first-order valence-corrected chi connectivity index (χ1v) is 5.02. The lowest BCUT2D eigenvalue weighted by atomic mass is 10.1. The van der Waals surface area contributed by atoms with E-state index in [4.69, 9.17) is 9.84 Å². The molecule has 0 saturated heterocycles. The molecule has 0 aliphatic carbocycles. The van der Waals surface area contributed by atoms with Crippen molar-refractivity contribution < 1.29 is 14.9 Å². The summed E-state index contributed by atoms with van der Waals surface area (Å²) >= 11 is 1.53. The molecule has 0 radical (unpaired) electrons. The number of benzene rings is 1. The van der Waals surface area contributed by atoms with Crippen LogP contribution in [0.25, 0.3) is 10.1 Å². The van der Waals surface area contributed by atoms with Gasteiger partial charge in [-0.1, -0.05) is 0 Å². The minimum absolute atomic E-state index is 0.0789. The van der Waals surface area contributed by atoms with Gasteiger partial charge in [0.05, 0.1) is 24.0 Å². The fourth-order valence-electron chi connectivity index (χ4n) is 1.47. The van der Waals surface area contributed by atoms with Crippen molar-refractivity contribution in [2.24, 2.45) is 0 Å². The first kappa shape index (κ1) is 9.30. The number of rotatable bonds is 2. The maximum atomic E-state index is 9.60. The third-order valence-electron chi connectivity index (χ3n) is 2.14. The summed E-state index contributed by atoms with van der Waals surface area (Å²) in [6, 6.07) is 3.54. The van der Waals surface area contributed by atoms with Gasteiger partial charge in [0.25, 0.3) is 0 Å². The number of aromatic hydroxyl groups is 1. The minimum atomic E-state index is -0.219. The molecule has 2 aromatic rings. The molecular formula is C10H10O3S. The Bertz CT molecular complexity index is 462. The van der Waals surface area contributed by atoms with Gasteiger partial charge in [0.15, 0.2) is 0 Å². The van der Waals surface area contributed by atoms with E-state index in [9.17, 15) is 5.11 Å². The second-order valence-corrected chi connectivity index (χ2v) is 3.82. The lowest BCUT2D eigenvalue weighted by molar-refractivity contribution is 0.268. The zero-order valence-corrected chi connectivity index (χ0v) is 8.47. The van der Waals surface area contributed by atoms with Crippen molar-refractivity contribution in [1.29, 1.82) is 0 Å². The molecule has 1 aromatic heterocycles. The first-order chi connectivity index (χ1) is 6.77. The van der Waals surface area contributed by atoms with E-state index in [-0.39, 0.29) is 12.4 Å². The summed E-state index contributed by atoms with van der Waals surface area (Å²) in [4.78, 5) is 0. The number of aliphatic hydroxyl groups excluding tert-OH is 1. The Balaban J connectivity index is 2.82. The maximum Gasteiger partial charge on any atom is 0.145 e. The minimum Gasteiger partial charge on any atom is -0.507 e. The third-order valence-corrected chi connectivity index (χ3v) is 3.07. The predicted octanol–water partition coefficient (Wildman–Crippen LogP) is 2.11. The van der Waals surface area contributed by atoms with Crippen molar-refractivity contribution in [3.05, 3.63) is 23.1 Å². The van der Waals surface area contributed by atoms with Crippen molar-refractivity contribution in [2.45, 2.75) is 6.61 Å². The average Bonchev–Trinajstić information content (AvgIpc) is 2.62. The molecule has 1 heterocycles. The van der Waals surface area contributed by atoms with Crippen LogP contribution in [0.15, 0.2) is 17.5 Å². The lowest BCUT2D eigenvalue weighted by Crippen LogP contribution is -1.92. The molecule has 2 N–H and O–H groups in total. The van der Waals surface area contributed by atoms with Gasteiger partial charge in [0.2, 0.25) is 0 Å². The van der Waals surface area contributed by atoms with Gasteiger partial charge in [0, 0.05) is 0 Å². The van der Waals surface area contributed by atoms with Crippen molar-refractivity contribution in [2.75, 3.05) is 7.11 Å². The van der Waals surface area contributed by atoms with Crippen LogP contribution in [-0.4, -0.2) is 17.3 Å². The predicted molar refractivity (Wildman–Crippen MR) is 56.0 cm³/mol. The van der Waals surface area contributed by atoms with Gasteiger partial charge in [-0.15, -0.1) is 11.3 Å². The fraction of sp³-hybridized carbons (Fsp3) is 0.200.